The average Bonchev–Trinajstić information content (AvgIpc) is 3.17. The van der Waals surface area contributed by atoms with Gasteiger partial charge in [0.05, 0.1) is 18.1 Å². The smallest absolute Gasteiger partial charge is 0.270 e. The fraction of sp³-hybridized carbons (Fsp3) is 0.385. The third kappa shape index (κ3) is 13.4. The Morgan fingerprint density at radius 2 is 1.91 bits per heavy atom. The molecule has 0 bridgehead atoms. The highest BCUT2D eigenvalue weighted by Gasteiger charge is 2.38. The number of nitrogens with two attached hydrogens (primary N) is 1. The summed E-state index contributed by atoms with van der Waals surface area (Å²) < 4.78 is 0. The quantitative estimate of drug-likeness (QED) is 0.118. The Morgan fingerprint density at radius 3 is 2.36 bits per heavy atom. The maximum Gasteiger partial charge on any atom is 0.270 e. The third-order valence-electron chi connectivity index (χ3n) is 3.99. The zero-order valence-electron chi connectivity index (χ0n) is 20.8. The van der Waals surface area contributed by atoms with Crippen molar-refractivity contribution in [1.82, 2.24) is 4.90 Å². The van der Waals surface area contributed by atoms with Crippen LogP contribution in [-0.4, -0.2) is 48.0 Å². The van der Waals surface area contributed by atoms with Crippen LogP contribution < -0.4 is 5.73 Å². The second-order valence-electron chi connectivity index (χ2n) is 6.88. The first-order valence-corrected chi connectivity index (χ1v) is 10.5. The largest absolute Gasteiger partial charge is 0.399 e. The summed E-state index contributed by atoms with van der Waals surface area (Å²) in [5.74, 6) is 1.62. The van der Waals surface area contributed by atoms with E-state index in [2.05, 4.69) is 35.6 Å². The summed E-state index contributed by atoms with van der Waals surface area (Å²) in [6.45, 7) is 16.3. The van der Waals surface area contributed by atoms with Crippen LogP contribution in [-0.2, 0) is 14.4 Å². The molecule has 1 rings (SSSR count). The first-order valence-electron chi connectivity index (χ1n) is 10.5. The molecule has 2 N–H and O–H groups in total. The van der Waals surface area contributed by atoms with Gasteiger partial charge in [-0.25, -0.2) is 0 Å². The molecule has 180 valence electrons. The summed E-state index contributed by atoms with van der Waals surface area (Å²) in [5.41, 5.74) is 7.74. The van der Waals surface area contributed by atoms with Crippen LogP contribution in [0.2, 0.25) is 0 Å². The van der Waals surface area contributed by atoms with Gasteiger partial charge in [0.25, 0.3) is 11.8 Å². The molecule has 0 radical (unpaired) electrons. The Hall–Kier alpha value is -3.66. The van der Waals surface area contributed by atoms with E-state index in [0.717, 1.165) is 6.42 Å². The van der Waals surface area contributed by atoms with E-state index in [1.165, 1.54) is 24.5 Å². The van der Waals surface area contributed by atoms with Crippen LogP contribution in [0.15, 0.2) is 70.9 Å². The second-order valence-corrected chi connectivity index (χ2v) is 6.88. The highest BCUT2D eigenvalue weighted by Crippen LogP contribution is 2.21. The number of hydrogen-bond donors (Lipinski definition) is 1. The zero-order chi connectivity index (χ0) is 25.8. The van der Waals surface area contributed by atoms with Crippen LogP contribution >= 0.6 is 0 Å². The molecule has 1 saturated heterocycles. The molecule has 1 fully saturated rings. The molecule has 7 heteroatoms. The molecule has 0 saturated carbocycles. The molecule has 0 aliphatic carbocycles. The van der Waals surface area contributed by atoms with E-state index >= 15 is 0 Å². The van der Waals surface area contributed by atoms with Crippen LogP contribution in [0, 0.1) is 12.3 Å². The van der Waals surface area contributed by atoms with Crippen LogP contribution in [0.5, 0.6) is 0 Å². The number of terminal acetylenes is 1. The average molecular weight is 455 g/mol. The molecule has 1 heterocycles. The number of likely N-dealkylation sites (tertiary alicyclic amines) is 1. The Kier molecular flexibility index (Phi) is 18.2. The fourth-order valence-electron chi connectivity index (χ4n) is 2.56. The third-order valence-corrected chi connectivity index (χ3v) is 3.99. The summed E-state index contributed by atoms with van der Waals surface area (Å²) in [6.07, 6.45) is 16.2. The van der Waals surface area contributed by atoms with Crippen LogP contribution in [0.25, 0.3) is 0 Å². The van der Waals surface area contributed by atoms with Crippen molar-refractivity contribution in [2.45, 2.75) is 53.5 Å². The number of aliphatic imine (C=N–C) groups is 1. The summed E-state index contributed by atoms with van der Waals surface area (Å²) in [4.78, 5) is 35.5. The van der Waals surface area contributed by atoms with Crippen molar-refractivity contribution in [3.8, 4) is 12.3 Å². The van der Waals surface area contributed by atoms with Gasteiger partial charge in [-0.2, -0.15) is 4.99 Å². The summed E-state index contributed by atoms with van der Waals surface area (Å²) >= 11 is 0. The van der Waals surface area contributed by atoms with Gasteiger partial charge in [-0.05, 0) is 41.0 Å². The van der Waals surface area contributed by atoms with Crippen LogP contribution in [0.3, 0.4) is 0 Å². The molecule has 0 aromatic carbocycles. The molecular weight excluding hydrogens is 416 g/mol. The maximum atomic E-state index is 13.0. The number of carbonyl (C=O) groups excluding carboxylic acids is 2. The molecular formula is C26H38N4O3. The predicted molar refractivity (Wildman–Crippen MR) is 139 cm³/mol. The Bertz CT molecular complexity index is 851. The minimum atomic E-state index is -0.760. The standard InChI is InChI=1S/C20H28N4O3.C3H6.C3H4/c1-6-9-16(11-8-10-14(3)7-2)20(26)24-13-17(23-27-5)12-18(24)19(25)22-15(4)21;2*1-3-2/h6-9,11,18H,1,10,12-13H2,2-5H3,(H2,21,22,25);3H,1H2,2H3;1H,2H3/b11-8-,14-7+,16-9+,23-17?;;. The van der Waals surface area contributed by atoms with Crippen molar-refractivity contribution in [2.75, 3.05) is 13.7 Å². The lowest BCUT2D eigenvalue weighted by Crippen LogP contribution is -2.41. The number of hydrogen-bond acceptors (Lipinski definition) is 4. The molecule has 1 atom stereocenters. The Labute approximate surface area is 199 Å². The Morgan fingerprint density at radius 1 is 1.33 bits per heavy atom. The number of oxime groups is 1. The molecule has 1 aliphatic rings. The van der Waals surface area contributed by atoms with Crippen LogP contribution in [0.1, 0.15) is 47.5 Å². The molecule has 0 aromatic heterocycles. The SMILES string of the molecule is C#CC.C=C/C=C(\C=C/C/C(C)=C/C)C(=O)N1CC(=NOC)CC1C(=O)N=C(C)N.C=CC. The number of rotatable bonds is 7. The van der Waals surface area contributed by atoms with Crippen molar-refractivity contribution in [2.24, 2.45) is 15.9 Å². The van der Waals surface area contributed by atoms with Crippen molar-refractivity contribution in [3.05, 3.63) is 60.8 Å². The number of amides is 2. The summed E-state index contributed by atoms with van der Waals surface area (Å²) in [7, 11) is 1.42. The van der Waals surface area contributed by atoms with Crippen molar-refractivity contribution in [1.29, 1.82) is 0 Å². The normalized spacial score (nSPS) is 17.4. The molecule has 0 spiro atoms. The first kappa shape index (κ1) is 31.5. The first-order chi connectivity index (χ1) is 15.7. The molecule has 2 amide bonds. The topological polar surface area (TPSA) is 97.4 Å². The van der Waals surface area contributed by atoms with Gasteiger partial charge in [-0.1, -0.05) is 53.8 Å². The van der Waals surface area contributed by atoms with E-state index in [-0.39, 0.29) is 24.7 Å². The van der Waals surface area contributed by atoms with Crippen molar-refractivity contribution in [3.63, 3.8) is 0 Å². The van der Waals surface area contributed by atoms with E-state index in [4.69, 9.17) is 10.6 Å². The number of nitrogens with zero attached hydrogens (tertiary/aromatic N) is 3. The monoisotopic (exact) mass is 454 g/mol. The number of carbonyl (C=O) groups is 2. The maximum absolute atomic E-state index is 13.0. The van der Waals surface area contributed by atoms with Gasteiger partial charge < -0.3 is 15.5 Å². The van der Waals surface area contributed by atoms with Gasteiger partial charge in [0.2, 0.25) is 0 Å². The second kappa shape index (κ2) is 19.1. The molecule has 33 heavy (non-hydrogen) atoms. The summed E-state index contributed by atoms with van der Waals surface area (Å²) in [5, 5.41) is 3.90. The highest BCUT2D eigenvalue weighted by atomic mass is 16.6. The van der Waals surface area contributed by atoms with Gasteiger partial charge in [-0.15, -0.1) is 18.9 Å². The lowest BCUT2D eigenvalue weighted by Gasteiger charge is -2.22. The molecule has 1 aliphatic heterocycles. The minimum absolute atomic E-state index is 0.146. The van der Waals surface area contributed by atoms with Crippen LogP contribution in [0.4, 0.5) is 0 Å². The van der Waals surface area contributed by atoms with Gasteiger partial charge in [-0.3, -0.25) is 9.59 Å². The fourth-order valence-corrected chi connectivity index (χ4v) is 2.56. The van der Waals surface area contributed by atoms with Crippen molar-refractivity contribution < 1.29 is 14.4 Å². The lowest BCUT2D eigenvalue weighted by atomic mass is 10.1. The van der Waals surface area contributed by atoms with Gasteiger partial charge >= 0.3 is 0 Å². The van der Waals surface area contributed by atoms with E-state index in [0.29, 0.717) is 11.3 Å². The number of amidine groups is 1. The van der Waals surface area contributed by atoms with Gasteiger partial charge in [0, 0.05) is 12.0 Å². The predicted octanol–water partition coefficient (Wildman–Crippen LogP) is 4.35. The lowest BCUT2D eigenvalue weighted by molar-refractivity contribution is -0.133. The van der Waals surface area contributed by atoms with E-state index < -0.39 is 11.9 Å². The highest BCUT2D eigenvalue weighted by molar-refractivity contribution is 6.07. The zero-order valence-corrected chi connectivity index (χ0v) is 20.8. The van der Waals surface area contributed by atoms with E-state index in [9.17, 15) is 9.59 Å². The van der Waals surface area contributed by atoms with E-state index in [1.54, 1.807) is 31.2 Å². The molecule has 7 nitrogen and oxygen atoms in total. The molecule has 0 aromatic rings. The van der Waals surface area contributed by atoms with E-state index in [1.807, 2.05) is 32.9 Å². The summed E-state index contributed by atoms with van der Waals surface area (Å²) in [6, 6.07) is -0.760. The van der Waals surface area contributed by atoms with Gasteiger partial charge in [0.15, 0.2) is 0 Å². The molecule has 1 unspecified atom stereocenters. The van der Waals surface area contributed by atoms with Gasteiger partial charge in [0.1, 0.15) is 13.2 Å². The Balaban J connectivity index is 0. The minimum Gasteiger partial charge on any atom is -0.399 e. The number of allylic oxidation sites excluding steroid dienone is 6. The van der Waals surface area contributed by atoms with Crippen molar-refractivity contribution >= 4 is 23.4 Å².